The van der Waals surface area contributed by atoms with Gasteiger partial charge in [0, 0.05) is 0 Å². The van der Waals surface area contributed by atoms with Gasteiger partial charge in [0.2, 0.25) is 0 Å². The molecule has 0 radical (unpaired) electrons. The highest BCUT2D eigenvalue weighted by atomic mass is 32.2. The van der Waals surface area contributed by atoms with Gasteiger partial charge in [-0.25, -0.2) is 0 Å². The minimum Gasteiger partial charge on any atom is -0.263 e. The summed E-state index contributed by atoms with van der Waals surface area (Å²) < 4.78 is 29.9. The van der Waals surface area contributed by atoms with E-state index in [1.54, 1.807) is 24.3 Å². The smallest absolute Gasteiger partial charge is 0.263 e. The first kappa shape index (κ1) is 13.1. The van der Waals surface area contributed by atoms with Crippen molar-refractivity contribution in [2.24, 2.45) is 5.41 Å². The molecular formula is C15H20O3S. The van der Waals surface area contributed by atoms with Crippen molar-refractivity contribution in [1.82, 2.24) is 0 Å². The molecule has 1 spiro atoms. The standard InChI is InChI=1S/C15H20O3S/c1-12-4-6-14(7-5-12)19(16,17)18-13-3-2-8-15(11-13)9-10-15/h4-7,13H,2-3,8-11H2,1H3. The maximum absolute atomic E-state index is 12.2. The van der Waals surface area contributed by atoms with Gasteiger partial charge in [-0.3, -0.25) is 4.18 Å². The molecule has 0 amide bonds. The molecular weight excluding hydrogens is 260 g/mol. The van der Waals surface area contributed by atoms with Crippen LogP contribution in [0.2, 0.25) is 0 Å². The van der Waals surface area contributed by atoms with Gasteiger partial charge in [0.15, 0.2) is 0 Å². The molecule has 3 rings (SSSR count). The Kier molecular flexibility index (Phi) is 3.18. The zero-order valence-corrected chi connectivity index (χ0v) is 12.1. The summed E-state index contributed by atoms with van der Waals surface area (Å²) >= 11 is 0. The molecule has 0 aromatic heterocycles. The lowest BCUT2D eigenvalue weighted by Gasteiger charge is -2.28. The van der Waals surface area contributed by atoms with Gasteiger partial charge in [0.25, 0.3) is 10.1 Å². The quantitative estimate of drug-likeness (QED) is 0.797. The lowest BCUT2D eigenvalue weighted by Crippen LogP contribution is -2.26. The van der Waals surface area contributed by atoms with Crippen molar-refractivity contribution in [1.29, 1.82) is 0 Å². The van der Waals surface area contributed by atoms with Crippen LogP contribution in [-0.4, -0.2) is 14.5 Å². The number of aryl methyl sites for hydroxylation is 1. The third kappa shape index (κ3) is 2.84. The highest BCUT2D eigenvalue weighted by Gasteiger charge is 2.46. The minimum absolute atomic E-state index is 0.123. The van der Waals surface area contributed by atoms with Gasteiger partial charge in [-0.15, -0.1) is 0 Å². The number of hydrogen-bond donors (Lipinski definition) is 0. The number of benzene rings is 1. The summed E-state index contributed by atoms with van der Waals surface area (Å²) in [4.78, 5) is 0.272. The van der Waals surface area contributed by atoms with Crippen LogP contribution in [0.1, 0.15) is 44.1 Å². The fraction of sp³-hybridized carbons (Fsp3) is 0.600. The molecule has 0 aliphatic heterocycles. The minimum atomic E-state index is -3.60. The third-order valence-electron chi connectivity index (χ3n) is 4.42. The summed E-state index contributed by atoms with van der Waals surface area (Å²) in [5.74, 6) is 0. The third-order valence-corrected chi connectivity index (χ3v) is 5.80. The van der Waals surface area contributed by atoms with Crippen molar-refractivity contribution >= 4 is 10.1 Å². The Labute approximate surface area is 115 Å². The van der Waals surface area contributed by atoms with Gasteiger partial charge in [0.05, 0.1) is 11.0 Å². The Morgan fingerprint density at radius 2 is 1.84 bits per heavy atom. The lowest BCUT2D eigenvalue weighted by molar-refractivity contribution is 0.121. The summed E-state index contributed by atoms with van der Waals surface area (Å²) in [5, 5.41) is 0. The second-order valence-corrected chi connectivity index (χ2v) is 7.65. The molecule has 0 saturated heterocycles. The largest absolute Gasteiger partial charge is 0.297 e. The van der Waals surface area contributed by atoms with E-state index in [1.807, 2.05) is 6.92 Å². The highest BCUT2D eigenvalue weighted by molar-refractivity contribution is 7.86. The Bertz CT molecular complexity index is 556. The van der Waals surface area contributed by atoms with Crippen molar-refractivity contribution < 1.29 is 12.6 Å². The van der Waals surface area contributed by atoms with Crippen molar-refractivity contribution in [2.45, 2.75) is 56.4 Å². The topological polar surface area (TPSA) is 43.4 Å². The summed E-state index contributed by atoms with van der Waals surface area (Å²) in [7, 11) is -3.60. The van der Waals surface area contributed by atoms with Crippen LogP contribution in [0, 0.1) is 12.3 Å². The van der Waals surface area contributed by atoms with E-state index in [-0.39, 0.29) is 11.0 Å². The van der Waals surface area contributed by atoms with Gasteiger partial charge in [-0.2, -0.15) is 8.42 Å². The summed E-state index contributed by atoms with van der Waals surface area (Å²) in [6.45, 7) is 1.94. The van der Waals surface area contributed by atoms with Crippen molar-refractivity contribution in [3.05, 3.63) is 29.8 Å². The summed E-state index contributed by atoms with van der Waals surface area (Å²) in [6.07, 6.45) is 6.49. The fourth-order valence-electron chi connectivity index (χ4n) is 3.04. The molecule has 104 valence electrons. The average molecular weight is 280 g/mol. The van der Waals surface area contributed by atoms with E-state index in [9.17, 15) is 8.42 Å². The monoisotopic (exact) mass is 280 g/mol. The molecule has 2 fully saturated rings. The molecule has 3 nitrogen and oxygen atoms in total. The van der Waals surface area contributed by atoms with E-state index >= 15 is 0 Å². The summed E-state index contributed by atoms with van der Waals surface area (Å²) in [6, 6.07) is 6.86. The first-order chi connectivity index (χ1) is 8.99. The molecule has 0 bridgehead atoms. The van der Waals surface area contributed by atoms with Crippen LogP contribution in [-0.2, 0) is 14.3 Å². The predicted octanol–water partition coefficient (Wildman–Crippen LogP) is 3.42. The molecule has 1 unspecified atom stereocenters. The molecule has 2 saturated carbocycles. The van der Waals surface area contributed by atoms with E-state index < -0.39 is 10.1 Å². The average Bonchev–Trinajstić information content (AvgIpc) is 3.08. The number of rotatable bonds is 3. The van der Waals surface area contributed by atoms with Crippen LogP contribution in [0.5, 0.6) is 0 Å². The molecule has 1 aromatic rings. The van der Waals surface area contributed by atoms with Crippen molar-refractivity contribution in [3.8, 4) is 0 Å². The van der Waals surface area contributed by atoms with Gasteiger partial charge in [-0.1, -0.05) is 24.1 Å². The van der Waals surface area contributed by atoms with E-state index in [0.29, 0.717) is 5.41 Å². The van der Waals surface area contributed by atoms with Crippen molar-refractivity contribution in [3.63, 3.8) is 0 Å². The summed E-state index contributed by atoms with van der Waals surface area (Å²) in [5.41, 5.74) is 1.47. The van der Waals surface area contributed by atoms with Crippen LogP contribution in [0.15, 0.2) is 29.2 Å². The molecule has 2 aliphatic carbocycles. The van der Waals surface area contributed by atoms with Crippen LogP contribution in [0.4, 0.5) is 0 Å². The molecule has 19 heavy (non-hydrogen) atoms. The lowest BCUT2D eigenvalue weighted by atomic mass is 9.85. The molecule has 2 aliphatic rings. The van der Waals surface area contributed by atoms with Crippen LogP contribution in [0.25, 0.3) is 0 Å². The Balaban J connectivity index is 1.72. The second-order valence-electron chi connectivity index (χ2n) is 6.08. The number of hydrogen-bond acceptors (Lipinski definition) is 3. The first-order valence-corrected chi connectivity index (χ1v) is 8.40. The first-order valence-electron chi connectivity index (χ1n) is 6.99. The Hall–Kier alpha value is -0.870. The zero-order chi connectivity index (χ0) is 13.5. The van der Waals surface area contributed by atoms with E-state index in [2.05, 4.69) is 0 Å². The molecule has 0 N–H and O–H groups in total. The van der Waals surface area contributed by atoms with Crippen LogP contribution < -0.4 is 0 Å². The maximum Gasteiger partial charge on any atom is 0.297 e. The van der Waals surface area contributed by atoms with Crippen molar-refractivity contribution in [2.75, 3.05) is 0 Å². The SMILES string of the molecule is Cc1ccc(S(=O)(=O)OC2CCCC3(CC3)C2)cc1. The van der Waals surface area contributed by atoms with Gasteiger partial charge < -0.3 is 0 Å². The van der Waals surface area contributed by atoms with E-state index in [1.165, 1.54) is 19.3 Å². The van der Waals surface area contributed by atoms with Crippen LogP contribution >= 0.6 is 0 Å². The fourth-order valence-corrected chi connectivity index (χ4v) is 4.15. The second kappa shape index (κ2) is 4.60. The Morgan fingerprint density at radius 3 is 2.47 bits per heavy atom. The Morgan fingerprint density at radius 1 is 1.16 bits per heavy atom. The normalized spacial score (nSPS) is 25.4. The van der Waals surface area contributed by atoms with Gasteiger partial charge >= 0.3 is 0 Å². The molecule has 0 heterocycles. The van der Waals surface area contributed by atoms with Gasteiger partial charge in [-0.05, 0) is 56.6 Å². The zero-order valence-electron chi connectivity index (χ0n) is 11.3. The van der Waals surface area contributed by atoms with Crippen LogP contribution in [0.3, 0.4) is 0 Å². The molecule has 1 aromatic carbocycles. The molecule has 1 atom stereocenters. The molecule has 4 heteroatoms. The van der Waals surface area contributed by atoms with E-state index in [4.69, 9.17) is 4.18 Å². The predicted molar refractivity (Wildman–Crippen MR) is 73.4 cm³/mol. The van der Waals surface area contributed by atoms with E-state index in [0.717, 1.165) is 24.8 Å². The maximum atomic E-state index is 12.2. The highest BCUT2D eigenvalue weighted by Crippen LogP contribution is 2.56. The van der Waals surface area contributed by atoms with Gasteiger partial charge in [0.1, 0.15) is 0 Å².